The molecule has 0 saturated carbocycles. The lowest BCUT2D eigenvalue weighted by atomic mass is 10.2. The number of nitrogens with one attached hydrogen (secondary N) is 2. The molecule has 2 N–H and O–H groups in total. The Kier molecular flexibility index (Phi) is 6.77. The number of carbonyl (C=O) groups is 2. The predicted molar refractivity (Wildman–Crippen MR) is 100 cm³/mol. The van der Waals surface area contributed by atoms with Gasteiger partial charge in [-0.2, -0.15) is 0 Å². The van der Waals surface area contributed by atoms with Crippen molar-refractivity contribution in [1.29, 1.82) is 0 Å². The Morgan fingerprint density at radius 1 is 1.22 bits per heavy atom. The molecule has 0 aliphatic carbocycles. The van der Waals surface area contributed by atoms with Gasteiger partial charge in [-0.3, -0.25) is 4.79 Å². The van der Waals surface area contributed by atoms with Crippen molar-refractivity contribution < 1.29 is 22.7 Å². The van der Waals surface area contributed by atoms with E-state index in [2.05, 4.69) is 15.0 Å². The van der Waals surface area contributed by atoms with E-state index in [-0.39, 0.29) is 26.3 Å². The number of ether oxygens (including phenoxy) is 1. The zero-order valence-electron chi connectivity index (χ0n) is 14.2. The molecule has 1 atom stereocenters. The molecule has 11 heteroatoms. The van der Waals surface area contributed by atoms with Gasteiger partial charge in [-0.15, -0.1) is 0 Å². The molecule has 1 heterocycles. The largest absolute Gasteiger partial charge is 0.449 e. The maximum Gasteiger partial charge on any atom is 0.340 e. The second-order valence-corrected chi connectivity index (χ2v) is 7.88. The van der Waals surface area contributed by atoms with Crippen LogP contribution in [0.5, 0.6) is 0 Å². The van der Waals surface area contributed by atoms with Crippen LogP contribution in [-0.2, 0) is 19.6 Å². The second-order valence-electron chi connectivity index (χ2n) is 5.23. The lowest BCUT2D eigenvalue weighted by Gasteiger charge is -2.15. The number of esters is 1. The predicted octanol–water partition coefficient (Wildman–Crippen LogP) is 2.48. The Bertz CT molecular complexity index is 982. The van der Waals surface area contributed by atoms with Crippen LogP contribution in [0.15, 0.2) is 41.4 Å². The fourth-order valence-corrected chi connectivity index (χ4v) is 3.05. The number of anilines is 1. The Morgan fingerprint density at radius 3 is 2.56 bits per heavy atom. The SMILES string of the molecule is CNS(=O)(=O)c1ccc(Cl)c(C(=O)OC(C)C(=O)Nc2cccnc2Cl)c1. The minimum Gasteiger partial charge on any atom is -0.449 e. The third-order valence-corrected chi connectivity index (χ3v) is 5.45. The van der Waals surface area contributed by atoms with Crippen LogP contribution in [0.1, 0.15) is 17.3 Å². The van der Waals surface area contributed by atoms with E-state index in [0.717, 1.165) is 6.07 Å². The highest BCUT2D eigenvalue weighted by Gasteiger charge is 2.23. The number of hydrogen-bond acceptors (Lipinski definition) is 6. The lowest BCUT2D eigenvalue weighted by molar-refractivity contribution is -0.123. The van der Waals surface area contributed by atoms with Crippen LogP contribution in [0.4, 0.5) is 5.69 Å². The number of rotatable bonds is 6. The highest BCUT2D eigenvalue weighted by molar-refractivity contribution is 7.89. The van der Waals surface area contributed by atoms with Crippen LogP contribution in [0.25, 0.3) is 0 Å². The first-order valence-corrected chi connectivity index (χ1v) is 9.75. The average Bonchev–Trinajstić information content (AvgIpc) is 2.63. The number of aromatic nitrogens is 1. The van der Waals surface area contributed by atoms with Crippen LogP contribution >= 0.6 is 23.2 Å². The van der Waals surface area contributed by atoms with Crippen molar-refractivity contribution in [3.8, 4) is 0 Å². The number of amides is 1. The summed E-state index contributed by atoms with van der Waals surface area (Å²) in [5.74, 6) is -1.60. The van der Waals surface area contributed by atoms with E-state index in [9.17, 15) is 18.0 Å². The normalized spacial score (nSPS) is 12.3. The first-order chi connectivity index (χ1) is 12.7. The van der Waals surface area contributed by atoms with Crippen LogP contribution in [0, 0.1) is 0 Å². The monoisotopic (exact) mass is 431 g/mol. The summed E-state index contributed by atoms with van der Waals surface area (Å²) in [7, 11) is -2.54. The summed E-state index contributed by atoms with van der Waals surface area (Å²) < 4.78 is 30.9. The molecule has 27 heavy (non-hydrogen) atoms. The second kappa shape index (κ2) is 8.66. The fraction of sp³-hybridized carbons (Fsp3) is 0.188. The van der Waals surface area contributed by atoms with Gasteiger partial charge in [-0.1, -0.05) is 23.2 Å². The van der Waals surface area contributed by atoms with Gasteiger partial charge in [-0.25, -0.2) is 22.9 Å². The molecule has 1 aromatic carbocycles. The van der Waals surface area contributed by atoms with Gasteiger partial charge >= 0.3 is 5.97 Å². The Morgan fingerprint density at radius 2 is 1.93 bits per heavy atom. The summed E-state index contributed by atoms with van der Waals surface area (Å²) in [6.45, 7) is 1.35. The maximum atomic E-state index is 12.3. The standard InChI is InChI=1S/C16H15Cl2N3O5S/c1-9(15(22)21-13-4-3-7-20-14(13)18)26-16(23)11-8-10(5-6-12(11)17)27(24,25)19-2/h3-9,19H,1-2H3,(H,21,22). The van der Waals surface area contributed by atoms with Crippen molar-refractivity contribution in [3.63, 3.8) is 0 Å². The number of pyridine rings is 1. The number of nitrogens with zero attached hydrogens (tertiary/aromatic N) is 1. The molecule has 1 amide bonds. The number of carbonyl (C=O) groups excluding carboxylic acids is 2. The number of hydrogen-bond donors (Lipinski definition) is 2. The van der Waals surface area contributed by atoms with Gasteiger partial charge in [0.2, 0.25) is 10.0 Å². The van der Waals surface area contributed by atoms with Crippen molar-refractivity contribution in [2.24, 2.45) is 0 Å². The zero-order chi connectivity index (χ0) is 20.2. The van der Waals surface area contributed by atoms with Gasteiger partial charge in [0, 0.05) is 6.20 Å². The van der Waals surface area contributed by atoms with Crippen molar-refractivity contribution in [3.05, 3.63) is 52.3 Å². The molecule has 0 aliphatic rings. The van der Waals surface area contributed by atoms with Gasteiger partial charge in [-0.05, 0) is 44.3 Å². The molecular weight excluding hydrogens is 417 g/mol. The molecule has 0 radical (unpaired) electrons. The van der Waals surface area contributed by atoms with Crippen LogP contribution in [0.2, 0.25) is 10.2 Å². The van der Waals surface area contributed by atoms with Crippen LogP contribution in [-0.4, -0.2) is 38.4 Å². The molecule has 0 spiro atoms. The Labute approximate surface area is 165 Å². The van der Waals surface area contributed by atoms with Crippen LogP contribution < -0.4 is 10.0 Å². The highest BCUT2D eigenvalue weighted by atomic mass is 35.5. The third kappa shape index (κ3) is 5.16. The van der Waals surface area contributed by atoms with Gasteiger partial charge in [0.25, 0.3) is 5.91 Å². The van der Waals surface area contributed by atoms with Gasteiger partial charge < -0.3 is 10.1 Å². The smallest absolute Gasteiger partial charge is 0.340 e. The molecule has 0 bridgehead atoms. The summed E-state index contributed by atoms with van der Waals surface area (Å²) in [4.78, 5) is 28.2. The fourth-order valence-electron chi connectivity index (χ4n) is 1.94. The zero-order valence-corrected chi connectivity index (χ0v) is 16.5. The number of benzene rings is 1. The third-order valence-electron chi connectivity index (χ3n) is 3.41. The van der Waals surface area contributed by atoms with E-state index >= 15 is 0 Å². The van der Waals surface area contributed by atoms with E-state index < -0.39 is 28.0 Å². The van der Waals surface area contributed by atoms with E-state index in [1.807, 2.05) is 0 Å². The van der Waals surface area contributed by atoms with E-state index in [1.165, 1.54) is 38.4 Å². The average molecular weight is 432 g/mol. The lowest BCUT2D eigenvalue weighted by Crippen LogP contribution is -2.30. The molecule has 2 rings (SSSR count). The number of sulfonamides is 1. The maximum absolute atomic E-state index is 12.3. The first-order valence-electron chi connectivity index (χ1n) is 7.51. The molecular formula is C16H15Cl2N3O5S. The minimum atomic E-state index is -3.78. The summed E-state index contributed by atoms with van der Waals surface area (Å²) in [6, 6.07) is 6.67. The molecule has 8 nitrogen and oxygen atoms in total. The topological polar surface area (TPSA) is 114 Å². The molecule has 1 unspecified atom stereocenters. The van der Waals surface area contributed by atoms with Crippen molar-refractivity contribution in [2.45, 2.75) is 17.9 Å². The van der Waals surface area contributed by atoms with Crippen molar-refractivity contribution in [1.82, 2.24) is 9.71 Å². The van der Waals surface area contributed by atoms with E-state index in [4.69, 9.17) is 27.9 Å². The van der Waals surface area contributed by atoms with Gasteiger partial charge in [0.15, 0.2) is 11.3 Å². The summed E-state index contributed by atoms with van der Waals surface area (Å²) in [5, 5.41) is 2.54. The first kappa shape index (κ1) is 21.1. The molecule has 0 aliphatic heterocycles. The van der Waals surface area contributed by atoms with Crippen molar-refractivity contribution >= 4 is 50.8 Å². The molecule has 1 aromatic heterocycles. The van der Waals surface area contributed by atoms with Crippen LogP contribution in [0.3, 0.4) is 0 Å². The molecule has 2 aromatic rings. The van der Waals surface area contributed by atoms with Gasteiger partial charge in [0.1, 0.15) is 0 Å². The molecule has 144 valence electrons. The molecule has 0 fully saturated rings. The van der Waals surface area contributed by atoms with Crippen molar-refractivity contribution in [2.75, 3.05) is 12.4 Å². The number of halogens is 2. The van der Waals surface area contributed by atoms with E-state index in [1.54, 1.807) is 6.07 Å². The Balaban J connectivity index is 2.15. The minimum absolute atomic E-state index is 0.0158. The quantitative estimate of drug-likeness (QED) is 0.536. The summed E-state index contributed by atoms with van der Waals surface area (Å²) in [5.41, 5.74) is 0.0688. The highest BCUT2D eigenvalue weighted by Crippen LogP contribution is 2.22. The van der Waals surface area contributed by atoms with E-state index in [0.29, 0.717) is 0 Å². The summed E-state index contributed by atoms with van der Waals surface area (Å²) in [6.07, 6.45) is 0.254. The van der Waals surface area contributed by atoms with Gasteiger partial charge in [0.05, 0.1) is 21.2 Å². The molecule has 0 saturated heterocycles. The summed E-state index contributed by atoms with van der Waals surface area (Å²) >= 11 is 11.8. The Hall–Kier alpha value is -2.20.